The molecule has 3 amide bonds. The number of rotatable bonds is 10. The standard InChI is InChI=1S/C37H29ClN2O6/c1-44-27-19-13-26(14-20-27)40-33(34(37(40)43)46-29-17-11-25(38)12-18-29)24-9-15-28(16-10-24)45-22-4-21-39-35(41)30-7-2-5-23-6-3-8-31(32(23)30)36(39)42/h2-3,5-20,33-34H,4,21-22H2,1H3. The number of methoxy groups -OCH3 is 1. The Labute approximate surface area is 270 Å². The van der Waals surface area contributed by atoms with E-state index in [0.29, 0.717) is 51.8 Å². The fourth-order valence-corrected chi connectivity index (χ4v) is 6.18. The summed E-state index contributed by atoms with van der Waals surface area (Å²) in [6.07, 6.45) is -0.262. The van der Waals surface area contributed by atoms with E-state index in [4.69, 9.17) is 25.8 Å². The van der Waals surface area contributed by atoms with Crippen LogP contribution in [0.4, 0.5) is 5.69 Å². The number of halogens is 1. The maximum atomic E-state index is 13.4. The largest absolute Gasteiger partial charge is 0.497 e. The van der Waals surface area contributed by atoms with Crippen LogP contribution < -0.4 is 19.1 Å². The number of amides is 3. The number of anilines is 1. The van der Waals surface area contributed by atoms with Crippen molar-refractivity contribution < 1.29 is 28.6 Å². The van der Waals surface area contributed by atoms with Crippen LogP contribution >= 0.6 is 11.6 Å². The van der Waals surface area contributed by atoms with Gasteiger partial charge in [-0.15, -0.1) is 0 Å². The maximum absolute atomic E-state index is 13.4. The summed E-state index contributed by atoms with van der Waals surface area (Å²) in [5, 5.41) is 2.17. The highest BCUT2D eigenvalue weighted by molar-refractivity contribution is 6.30. The van der Waals surface area contributed by atoms with Gasteiger partial charge in [0.15, 0.2) is 0 Å². The number of benzene rings is 5. The molecule has 0 aliphatic carbocycles. The van der Waals surface area contributed by atoms with Crippen LogP contribution in [0.3, 0.4) is 0 Å². The second-order valence-electron chi connectivity index (χ2n) is 11.1. The first-order valence-electron chi connectivity index (χ1n) is 14.9. The Morgan fingerprint density at radius 3 is 1.96 bits per heavy atom. The van der Waals surface area contributed by atoms with Crippen molar-refractivity contribution in [1.29, 1.82) is 0 Å². The lowest BCUT2D eigenvalue weighted by Gasteiger charge is -2.46. The number of β-lactam (4-membered cyclic amide) rings is 1. The molecule has 1 fully saturated rings. The Hall–Kier alpha value is -5.34. The molecule has 0 bridgehead atoms. The predicted octanol–water partition coefficient (Wildman–Crippen LogP) is 7.10. The zero-order chi connectivity index (χ0) is 31.8. The molecule has 7 rings (SSSR count). The monoisotopic (exact) mass is 632 g/mol. The molecule has 230 valence electrons. The molecule has 2 atom stereocenters. The quantitative estimate of drug-likeness (QED) is 0.0927. The zero-order valence-electron chi connectivity index (χ0n) is 24.9. The molecular weight excluding hydrogens is 604 g/mol. The minimum atomic E-state index is -0.731. The maximum Gasteiger partial charge on any atom is 0.271 e. The van der Waals surface area contributed by atoms with Gasteiger partial charge in [-0.3, -0.25) is 24.2 Å². The Morgan fingerprint density at radius 1 is 0.717 bits per heavy atom. The summed E-state index contributed by atoms with van der Waals surface area (Å²) in [4.78, 5) is 42.7. The third-order valence-electron chi connectivity index (χ3n) is 8.35. The van der Waals surface area contributed by atoms with Crippen molar-refractivity contribution in [2.75, 3.05) is 25.2 Å². The van der Waals surface area contributed by atoms with Crippen molar-refractivity contribution >= 4 is 45.8 Å². The van der Waals surface area contributed by atoms with E-state index < -0.39 is 6.10 Å². The number of carbonyl (C=O) groups is 3. The topological polar surface area (TPSA) is 85.4 Å². The van der Waals surface area contributed by atoms with Crippen LogP contribution in [0.1, 0.15) is 38.7 Å². The molecule has 5 aromatic carbocycles. The van der Waals surface area contributed by atoms with Gasteiger partial charge in [0, 0.05) is 33.8 Å². The first-order valence-corrected chi connectivity index (χ1v) is 15.3. The van der Waals surface area contributed by atoms with E-state index in [9.17, 15) is 14.4 Å². The Kier molecular flexibility index (Phi) is 7.80. The number of carbonyl (C=O) groups excluding carboxylic acids is 3. The summed E-state index contributed by atoms with van der Waals surface area (Å²) < 4.78 is 17.4. The van der Waals surface area contributed by atoms with Gasteiger partial charge in [0.1, 0.15) is 23.3 Å². The van der Waals surface area contributed by atoms with Gasteiger partial charge in [-0.05, 0) is 90.2 Å². The summed E-state index contributed by atoms with van der Waals surface area (Å²) in [7, 11) is 1.60. The van der Waals surface area contributed by atoms with E-state index in [2.05, 4.69) is 0 Å². The second kappa shape index (κ2) is 12.2. The summed E-state index contributed by atoms with van der Waals surface area (Å²) in [5.74, 6) is 1.14. The second-order valence-corrected chi connectivity index (χ2v) is 11.5. The van der Waals surface area contributed by atoms with Crippen molar-refractivity contribution in [3.8, 4) is 17.2 Å². The Bertz CT molecular complexity index is 1890. The zero-order valence-corrected chi connectivity index (χ0v) is 25.6. The van der Waals surface area contributed by atoms with Gasteiger partial charge in [-0.25, -0.2) is 0 Å². The van der Waals surface area contributed by atoms with E-state index in [1.165, 1.54) is 4.90 Å². The average Bonchev–Trinajstić information content (AvgIpc) is 3.09. The summed E-state index contributed by atoms with van der Waals surface area (Å²) in [5.41, 5.74) is 2.69. The molecule has 5 aromatic rings. The van der Waals surface area contributed by atoms with Gasteiger partial charge in [0.2, 0.25) is 6.10 Å². The molecule has 0 spiro atoms. The number of hydrogen-bond donors (Lipinski definition) is 0. The van der Waals surface area contributed by atoms with Gasteiger partial charge in [0.05, 0.1) is 13.7 Å². The molecular formula is C37H29ClN2O6. The number of ether oxygens (including phenoxy) is 3. The minimum Gasteiger partial charge on any atom is -0.497 e. The van der Waals surface area contributed by atoms with Crippen molar-refractivity contribution in [2.24, 2.45) is 0 Å². The fraction of sp³-hybridized carbons (Fsp3) is 0.162. The van der Waals surface area contributed by atoms with Gasteiger partial charge in [-0.2, -0.15) is 0 Å². The lowest BCUT2D eigenvalue weighted by molar-refractivity contribution is -0.135. The highest BCUT2D eigenvalue weighted by atomic mass is 35.5. The normalized spacial score (nSPS) is 17.2. The smallest absolute Gasteiger partial charge is 0.271 e. The molecule has 2 heterocycles. The van der Waals surface area contributed by atoms with Crippen LogP contribution in [0.25, 0.3) is 10.8 Å². The van der Waals surface area contributed by atoms with Crippen LogP contribution in [0.5, 0.6) is 17.2 Å². The molecule has 0 radical (unpaired) electrons. The molecule has 46 heavy (non-hydrogen) atoms. The van der Waals surface area contributed by atoms with Crippen LogP contribution in [-0.2, 0) is 4.79 Å². The van der Waals surface area contributed by atoms with Crippen LogP contribution in [-0.4, -0.2) is 49.0 Å². The van der Waals surface area contributed by atoms with Gasteiger partial charge >= 0.3 is 0 Å². The third-order valence-corrected chi connectivity index (χ3v) is 8.60. The van der Waals surface area contributed by atoms with Crippen molar-refractivity contribution in [2.45, 2.75) is 18.6 Å². The van der Waals surface area contributed by atoms with Gasteiger partial charge < -0.3 is 14.2 Å². The summed E-state index contributed by atoms with van der Waals surface area (Å²) in [6.45, 7) is 0.551. The first kappa shape index (κ1) is 29.4. The molecule has 2 aliphatic heterocycles. The average molecular weight is 633 g/mol. The van der Waals surface area contributed by atoms with E-state index in [-0.39, 0.29) is 30.3 Å². The van der Waals surface area contributed by atoms with Crippen molar-refractivity contribution in [3.05, 3.63) is 131 Å². The summed E-state index contributed by atoms with van der Waals surface area (Å²) in [6, 6.07) is 32.4. The number of imide groups is 1. The van der Waals surface area contributed by atoms with Crippen molar-refractivity contribution in [3.63, 3.8) is 0 Å². The molecule has 2 aliphatic rings. The lowest BCUT2D eigenvalue weighted by Crippen LogP contribution is -2.61. The van der Waals surface area contributed by atoms with Crippen LogP contribution in [0, 0.1) is 0 Å². The Balaban J connectivity index is 1.02. The van der Waals surface area contributed by atoms with Gasteiger partial charge in [-0.1, -0.05) is 48.0 Å². The molecule has 8 nitrogen and oxygen atoms in total. The first-order chi connectivity index (χ1) is 22.4. The van der Waals surface area contributed by atoms with E-state index in [1.54, 1.807) is 48.4 Å². The van der Waals surface area contributed by atoms with E-state index >= 15 is 0 Å². The van der Waals surface area contributed by atoms with Crippen LogP contribution in [0.2, 0.25) is 5.02 Å². The molecule has 0 aromatic heterocycles. The Morgan fingerprint density at radius 2 is 1.33 bits per heavy atom. The highest BCUT2D eigenvalue weighted by Gasteiger charge is 2.51. The number of hydrogen-bond acceptors (Lipinski definition) is 6. The van der Waals surface area contributed by atoms with Crippen LogP contribution in [0.15, 0.2) is 109 Å². The SMILES string of the molecule is COc1ccc(N2C(=O)C(Oc3ccc(Cl)cc3)C2c2ccc(OCCCN3C(=O)c4cccc5cccc(c45)C3=O)cc2)cc1. The highest BCUT2D eigenvalue weighted by Crippen LogP contribution is 2.42. The predicted molar refractivity (Wildman–Crippen MR) is 175 cm³/mol. The van der Waals surface area contributed by atoms with Gasteiger partial charge in [0.25, 0.3) is 17.7 Å². The van der Waals surface area contributed by atoms with E-state index in [0.717, 1.165) is 16.6 Å². The minimum absolute atomic E-state index is 0.161. The molecule has 1 saturated heterocycles. The fourth-order valence-electron chi connectivity index (χ4n) is 6.05. The molecule has 0 N–H and O–H groups in total. The van der Waals surface area contributed by atoms with E-state index in [1.807, 2.05) is 72.8 Å². The number of nitrogens with zero attached hydrogens (tertiary/aromatic N) is 2. The summed E-state index contributed by atoms with van der Waals surface area (Å²) >= 11 is 6.04. The molecule has 9 heteroatoms. The lowest BCUT2D eigenvalue weighted by atomic mass is 9.89. The van der Waals surface area contributed by atoms with Crippen molar-refractivity contribution in [1.82, 2.24) is 4.90 Å². The molecule has 0 saturated carbocycles. The third kappa shape index (κ3) is 5.31. The molecule has 2 unspecified atom stereocenters.